The Balaban J connectivity index is 1.94. The Morgan fingerprint density at radius 2 is 1.42 bits per heavy atom. The molecule has 0 saturated carbocycles. The quantitative estimate of drug-likeness (QED) is 0.0948. The monoisotopic (exact) mass is 983 g/mol. The predicted molar refractivity (Wildman–Crippen MR) is 265 cm³/mol. The molecule has 1 aliphatic carbocycles. The van der Waals surface area contributed by atoms with Gasteiger partial charge in [0, 0.05) is 37.3 Å². The molecule has 4 rings (SSSR count). The lowest BCUT2D eigenvalue weighted by molar-refractivity contribution is -0.315. The summed E-state index contributed by atoms with van der Waals surface area (Å²) in [5, 5.41) is 42.3. The number of hydrogen-bond acceptors (Lipinski definition) is 15. The molecular weight excluding hydrogens is 893 g/mol. The second-order valence-corrected chi connectivity index (χ2v) is 31.6. The minimum absolute atomic E-state index is 0.0530. The molecule has 18 atom stereocenters. The SMILES string of the molecule is CC[C@H]1OC(=O)[C@H](C)[C@@H](O[C@H]2C[C@@](C)(OC)[C@@H](O[Si](C)(C)C)[C@H](C)O2)[C@H](C)[C@@H](O[C@@H]2O[C@H](C)C[C@H](N(C)C)[C@H]2O[Si](C)(C)C)C(C)(O)C[C@H](C)/C(=N\OC2C=CC=CC=C2)[C@H](C)[C@@H](O)[C@]1(C)O. The van der Waals surface area contributed by atoms with E-state index in [-0.39, 0.29) is 31.4 Å². The number of esters is 1. The first-order chi connectivity index (χ1) is 30.9. The molecular formula is C50H90N2O13Si2. The Kier molecular flexibility index (Phi) is 19.9. The van der Waals surface area contributed by atoms with Crippen molar-refractivity contribution < 1.29 is 62.2 Å². The van der Waals surface area contributed by atoms with E-state index in [1.807, 2.05) is 85.2 Å². The maximum atomic E-state index is 14.7. The third-order valence-electron chi connectivity index (χ3n) is 14.0. The number of carbonyl (C=O) groups excluding carboxylic acids is 1. The van der Waals surface area contributed by atoms with Crippen LogP contribution in [0.4, 0.5) is 0 Å². The summed E-state index contributed by atoms with van der Waals surface area (Å²) in [4.78, 5) is 23.0. The summed E-state index contributed by atoms with van der Waals surface area (Å²) in [5.74, 6) is -3.81. The molecule has 0 radical (unpaired) electrons. The number of likely N-dealkylation sites (N-methyl/N-ethyl adjacent to an activating group) is 1. The highest BCUT2D eigenvalue weighted by atomic mass is 28.4. The first kappa shape index (κ1) is 57.7. The zero-order valence-corrected chi connectivity index (χ0v) is 46.3. The zero-order valence-electron chi connectivity index (χ0n) is 44.3. The highest BCUT2D eigenvalue weighted by Crippen LogP contribution is 2.42. The van der Waals surface area contributed by atoms with Gasteiger partial charge in [0.15, 0.2) is 35.3 Å². The van der Waals surface area contributed by atoms with Gasteiger partial charge in [0.1, 0.15) is 17.8 Å². The number of ether oxygens (including phenoxy) is 6. The van der Waals surface area contributed by atoms with Crippen LogP contribution in [-0.4, -0.2) is 160 Å². The molecule has 1 unspecified atom stereocenters. The molecule has 0 aromatic carbocycles. The largest absolute Gasteiger partial charge is 0.459 e. The van der Waals surface area contributed by atoms with E-state index in [9.17, 15) is 20.1 Å². The number of hydrogen-bond donors (Lipinski definition) is 3. The molecule has 0 amide bonds. The van der Waals surface area contributed by atoms with Gasteiger partial charge in [0.25, 0.3) is 0 Å². The lowest BCUT2D eigenvalue weighted by Gasteiger charge is -2.51. The van der Waals surface area contributed by atoms with E-state index in [2.05, 4.69) is 49.3 Å². The summed E-state index contributed by atoms with van der Waals surface area (Å²) in [5.41, 5.74) is -4.06. The highest BCUT2D eigenvalue weighted by molar-refractivity contribution is 6.70. The molecule has 4 aliphatic rings. The fourth-order valence-corrected chi connectivity index (χ4v) is 12.7. The molecule has 17 heteroatoms. The first-order valence-electron chi connectivity index (χ1n) is 24.6. The minimum atomic E-state index is -2.22. The van der Waals surface area contributed by atoms with E-state index in [4.69, 9.17) is 42.1 Å². The Labute approximate surface area is 405 Å². The Hall–Kier alpha value is -1.85. The molecule has 0 bridgehead atoms. The number of allylic oxidation sites excluding steroid dienone is 4. The molecule has 3 heterocycles. The number of nitrogens with zero attached hydrogens (tertiary/aromatic N) is 2. The van der Waals surface area contributed by atoms with Crippen molar-refractivity contribution >= 4 is 28.3 Å². The maximum absolute atomic E-state index is 14.7. The zero-order chi connectivity index (χ0) is 50.6. The number of cyclic esters (lactones) is 1. The third kappa shape index (κ3) is 14.9. The Morgan fingerprint density at radius 1 is 0.821 bits per heavy atom. The number of aliphatic hydroxyl groups excluding tert-OH is 1. The van der Waals surface area contributed by atoms with Crippen molar-refractivity contribution in [2.24, 2.45) is 28.8 Å². The Bertz CT molecular complexity index is 1710. The fraction of sp³-hybridized carbons (Fsp3) is 0.840. The maximum Gasteiger partial charge on any atom is 0.311 e. The van der Waals surface area contributed by atoms with Crippen LogP contribution in [-0.2, 0) is 46.9 Å². The van der Waals surface area contributed by atoms with Gasteiger partial charge in [-0.15, -0.1) is 0 Å². The second-order valence-electron chi connectivity index (χ2n) is 22.7. The average molecular weight is 983 g/mol. The fourth-order valence-electron chi connectivity index (χ4n) is 10.4. The summed E-state index contributed by atoms with van der Waals surface area (Å²) in [6.07, 6.45) is 3.79. The number of methoxy groups -OCH3 is 1. The molecule has 15 nitrogen and oxygen atoms in total. The molecule has 0 spiro atoms. The summed E-state index contributed by atoms with van der Waals surface area (Å²) in [7, 11) is 1.42. The molecule has 3 fully saturated rings. The van der Waals surface area contributed by atoms with Gasteiger partial charge in [0.2, 0.25) is 0 Å². The van der Waals surface area contributed by atoms with E-state index in [1.165, 1.54) is 6.92 Å². The molecule has 3 N–H and O–H groups in total. The van der Waals surface area contributed by atoms with Gasteiger partial charge in [-0.3, -0.25) is 4.79 Å². The lowest BCUT2D eigenvalue weighted by Crippen LogP contribution is -2.62. The van der Waals surface area contributed by atoms with E-state index < -0.39 is 124 Å². The molecule has 386 valence electrons. The van der Waals surface area contributed by atoms with Gasteiger partial charge >= 0.3 is 5.97 Å². The van der Waals surface area contributed by atoms with E-state index in [0.29, 0.717) is 12.1 Å². The molecule has 3 saturated heterocycles. The van der Waals surface area contributed by atoms with Crippen LogP contribution in [0.3, 0.4) is 0 Å². The van der Waals surface area contributed by atoms with E-state index in [1.54, 1.807) is 34.8 Å². The van der Waals surface area contributed by atoms with Crippen LogP contribution >= 0.6 is 0 Å². The second kappa shape index (κ2) is 23.1. The first-order valence-corrected chi connectivity index (χ1v) is 31.4. The van der Waals surface area contributed by atoms with Gasteiger partial charge in [0.05, 0.1) is 59.5 Å². The van der Waals surface area contributed by atoms with Crippen LogP contribution in [0.25, 0.3) is 0 Å². The number of aliphatic hydroxyl groups is 3. The van der Waals surface area contributed by atoms with E-state index >= 15 is 0 Å². The van der Waals surface area contributed by atoms with Crippen LogP contribution in [0, 0.1) is 23.7 Å². The Morgan fingerprint density at radius 3 is 1.96 bits per heavy atom. The minimum Gasteiger partial charge on any atom is -0.459 e. The topological polar surface area (TPSA) is 176 Å². The molecule has 0 aromatic heterocycles. The van der Waals surface area contributed by atoms with Gasteiger partial charge in [-0.05, 0) is 126 Å². The standard InChI is InChI=1S/C50H90N2O13Si2/c1-20-38-50(10,56)43(53)32(4)40(51-63-36-25-23-21-22-24-26-36)30(2)28-48(8,55)44(62-47-42(64-66(14,15)16)37(52(11)12)27-31(3)58-47)33(5)41(34(6)46(54)60-38)61-39-29-49(9,57-13)45(35(7)59-39)65-67(17,18)19/h21-26,30-39,41-45,47,53,55-56H,20,27-29H2,1-19H3/b51-40+/t30-,31+,32-,33-,34+,35-,37-,38+,39-,41-,42+,43+,44+,45-,47-,48?,49+,50+/m0/s1. The summed E-state index contributed by atoms with van der Waals surface area (Å²) < 4.78 is 53.7. The van der Waals surface area contributed by atoms with Crippen molar-refractivity contribution in [2.45, 2.75) is 225 Å². The highest BCUT2D eigenvalue weighted by Gasteiger charge is 2.54. The van der Waals surface area contributed by atoms with Crippen molar-refractivity contribution in [3.05, 3.63) is 36.5 Å². The van der Waals surface area contributed by atoms with Crippen LogP contribution in [0.15, 0.2) is 41.6 Å². The predicted octanol–water partition coefficient (Wildman–Crippen LogP) is 7.36. The van der Waals surface area contributed by atoms with Crippen LogP contribution in [0.1, 0.15) is 94.9 Å². The average Bonchev–Trinajstić information content (AvgIpc) is 3.49. The van der Waals surface area contributed by atoms with E-state index in [0.717, 1.165) is 0 Å². The van der Waals surface area contributed by atoms with Gasteiger partial charge in [-0.25, -0.2) is 0 Å². The summed E-state index contributed by atoms with van der Waals surface area (Å²) >= 11 is 0. The van der Waals surface area contributed by atoms with Crippen LogP contribution < -0.4 is 0 Å². The van der Waals surface area contributed by atoms with Crippen molar-refractivity contribution in [3.63, 3.8) is 0 Å². The summed E-state index contributed by atoms with van der Waals surface area (Å²) in [6, 6.07) is -0.0754. The molecule has 67 heavy (non-hydrogen) atoms. The molecule has 0 aromatic rings. The number of oxime groups is 1. The van der Waals surface area contributed by atoms with Crippen molar-refractivity contribution in [3.8, 4) is 0 Å². The van der Waals surface area contributed by atoms with Crippen LogP contribution in [0.2, 0.25) is 39.3 Å². The van der Waals surface area contributed by atoms with Crippen molar-refractivity contribution in [1.82, 2.24) is 4.90 Å². The van der Waals surface area contributed by atoms with Crippen LogP contribution in [0.5, 0.6) is 0 Å². The van der Waals surface area contributed by atoms with Gasteiger partial charge in [-0.2, -0.15) is 0 Å². The third-order valence-corrected chi connectivity index (χ3v) is 15.9. The lowest BCUT2D eigenvalue weighted by atomic mass is 9.73. The van der Waals surface area contributed by atoms with Gasteiger partial charge in [-0.1, -0.05) is 57.2 Å². The summed E-state index contributed by atoms with van der Waals surface area (Å²) in [6.45, 7) is 31.0. The number of rotatable bonds is 13. The number of carbonyl (C=O) groups is 1. The van der Waals surface area contributed by atoms with Crippen molar-refractivity contribution in [1.29, 1.82) is 0 Å². The normalized spacial score (nSPS) is 42.9. The van der Waals surface area contributed by atoms with Crippen molar-refractivity contribution in [2.75, 3.05) is 21.2 Å². The van der Waals surface area contributed by atoms with Gasteiger partial charge < -0.3 is 62.3 Å². The molecule has 3 aliphatic heterocycles. The smallest absolute Gasteiger partial charge is 0.311 e.